The van der Waals surface area contributed by atoms with Crippen LogP contribution in [0.3, 0.4) is 0 Å². The first kappa shape index (κ1) is 30.4. The fourth-order valence-electron chi connectivity index (χ4n) is 5.68. The van der Waals surface area contributed by atoms with E-state index >= 15 is 0 Å². The van der Waals surface area contributed by atoms with E-state index in [1.165, 1.54) is 24.5 Å². The number of halogens is 1. The van der Waals surface area contributed by atoms with Crippen LogP contribution in [0.15, 0.2) is 89.1 Å². The van der Waals surface area contributed by atoms with Gasteiger partial charge in [0.15, 0.2) is 0 Å². The third-order valence-electron chi connectivity index (χ3n) is 8.08. The van der Waals surface area contributed by atoms with Crippen LogP contribution in [0, 0.1) is 5.92 Å². The first-order valence-corrected chi connectivity index (χ1v) is 16.2. The second-order valence-electron chi connectivity index (χ2n) is 11.1. The normalized spacial score (nSPS) is 17.1. The zero-order valence-corrected chi connectivity index (χ0v) is 26.1. The molecule has 11 nitrogen and oxygen atoms in total. The number of nitrogens with one attached hydrogen (secondary N) is 1. The van der Waals surface area contributed by atoms with E-state index < -0.39 is 16.1 Å². The number of benzene rings is 2. The van der Waals surface area contributed by atoms with E-state index in [0.29, 0.717) is 58.1 Å². The number of hydrogen-bond acceptors (Lipinski definition) is 7. The van der Waals surface area contributed by atoms with Crippen LogP contribution in [0.1, 0.15) is 37.9 Å². The number of sulfonamides is 1. The molecule has 1 amide bonds. The maximum atomic E-state index is 13.8. The van der Waals surface area contributed by atoms with E-state index in [9.17, 15) is 18.0 Å². The Bertz CT molecular complexity index is 2090. The minimum Gasteiger partial charge on any atom is -0.323 e. The molecule has 230 valence electrons. The lowest BCUT2D eigenvalue weighted by Crippen LogP contribution is -2.27. The maximum Gasteiger partial charge on any atom is 0.254 e. The molecule has 6 rings (SSSR count). The van der Waals surface area contributed by atoms with E-state index in [1.54, 1.807) is 52.0 Å². The molecule has 0 radical (unpaired) electrons. The Kier molecular flexibility index (Phi) is 8.12. The molecule has 1 aliphatic rings. The van der Waals surface area contributed by atoms with Gasteiger partial charge in [-0.2, -0.15) is 5.10 Å². The third kappa shape index (κ3) is 6.17. The van der Waals surface area contributed by atoms with Gasteiger partial charge in [-0.15, -0.1) is 0 Å². The summed E-state index contributed by atoms with van der Waals surface area (Å²) in [4.78, 5) is 36.1. The predicted molar refractivity (Wildman–Crippen MR) is 172 cm³/mol. The molecule has 3 N–H and O–H groups in total. The summed E-state index contributed by atoms with van der Waals surface area (Å²) in [7, 11) is -2.04. The van der Waals surface area contributed by atoms with Crippen molar-refractivity contribution >= 4 is 33.2 Å². The number of rotatable bonds is 4. The van der Waals surface area contributed by atoms with Crippen LogP contribution in [-0.4, -0.2) is 38.6 Å². The summed E-state index contributed by atoms with van der Waals surface area (Å²) in [5, 5.41) is 13.1. The number of primary sulfonamides is 1. The van der Waals surface area contributed by atoms with Crippen molar-refractivity contribution in [1.29, 1.82) is 0 Å². The highest BCUT2D eigenvalue weighted by Crippen LogP contribution is 2.35. The highest BCUT2D eigenvalue weighted by molar-refractivity contribution is 7.89. The molecule has 4 heterocycles. The lowest BCUT2D eigenvalue weighted by molar-refractivity contribution is -0.119. The van der Waals surface area contributed by atoms with Crippen LogP contribution < -0.4 is 16.0 Å². The Labute approximate surface area is 264 Å². The number of carbonyl (C=O) groups excluding carboxylic acids is 1. The molecule has 0 aliphatic carbocycles. The molecule has 45 heavy (non-hydrogen) atoms. The van der Waals surface area contributed by atoms with Gasteiger partial charge >= 0.3 is 0 Å². The van der Waals surface area contributed by atoms with Gasteiger partial charge in [-0.3, -0.25) is 23.8 Å². The number of anilines is 1. The third-order valence-corrected chi connectivity index (χ3v) is 9.24. The summed E-state index contributed by atoms with van der Waals surface area (Å²) in [6, 6.07) is 16.2. The van der Waals surface area contributed by atoms with Crippen LogP contribution in [0.5, 0.6) is 0 Å². The summed E-state index contributed by atoms with van der Waals surface area (Å²) in [5.41, 5.74) is 5.00. The quantitative estimate of drug-likeness (QED) is 0.279. The molecule has 0 saturated heterocycles. The lowest BCUT2D eigenvalue weighted by atomic mass is 9.96. The second kappa shape index (κ2) is 12.0. The van der Waals surface area contributed by atoms with Crippen molar-refractivity contribution in [3.8, 4) is 33.6 Å². The Balaban J connectivity index is 1.42. The predicted octanol–water partition coefficient (Wildman–Crippen LogP) is 5.02. The number of nitrogens with two attached hydrogens (primary N) is 1. The van der Waals surface area contributed by atoms with Gasteiger partial charge in [0.25, 0.3) is 5.56 Å². The zero-order chi connectivity index (χ0) is 31.9. The fraction of sp³-hybridized carbons (Fsp3) is 0.219. The Morgan fingerprint density at radius 3 is 2.47 bits per heavy atom. The number of hydrogen-bond donors (Lipinski definition) is 2. The summed E-state index contributed by atoms with van der Waals surface area (Å²) in [5.74, 6) is -0.336. The van der Waals surface area contributed by atoms with Crippen molar-refractivity contribution < 1.29 is 13.2 Å². The highest BCUT2D eigenvalue weighted by atomic mass is 35.5. The number of fused-ring (bicyclic) bond motifs is 4. The van der Waals surface area contributed by atoms with Crippen molar-refractivity contribution in [2.75, 3.05) is 5.32 Å². The molecule has 13 heteroatoms. The average molecular weight is 644 g/mol. The fourth-order valence-corrected chi connectivity index (χ4v) is 6.37. The molecule has 5 aromatic rings. The number of carbonyl (C=O) groups is 1. The van der Waals surface area contributed by atoms with Crippen molar-refractivity contribution in [2.24, 2.45) is 18.1 Å². The van der Waals surface area contributed by atoms with Gasteiger partial charge in [0.1, 0.15) is 0 Å². The van der Waals surface area contributed by atoms with E-state index in [1.807, 2.05) is 26.1 Å². The number of nitrogens with zero attached hydrogens (tertiary/aromatic N) is 5. The number of pyridine rings is 1. The van der Waals surface area contributed by atoms with Crippen LogP contribution in [0.2, 0.25) is 5.02 Å². The van der Waals surface area contributed by atoms with Gasteiger partial charge in [-0.05, 0) is 60.4 Å². The van der Waals surface area contributed by atoms with Gasteiger partial charge in [0.05, 0.1) is 46.2 Å². The molecule has 3 aromatic heterocycles. The second-order valence-corrected chi connectivity index (χ2v) is 13.1. The van der Waals surface area contributed by atoms with Crippen LogP contribution >= 0.6 is 11.6 Å². The van der Waals surface area contributed by atoms with Gasteiger partial charge in [0, 0.05) is 41.4 Å². The molecule has 0 spiro atoms. The van der Waals surface area contributed by atoms with Crippen molar-refractivity contribution in [3.63, 3.8) is 0 Å². The van der Waals surface area contributed by atoms with Crippen LogP contribution in [0.25, 0.3) is 33.6 Å². The summed E-state index contributed by atoms with van der Waals surface area (Å²) in [6.45, 7) is 1.89. The first-order valence-electron chi connectivity index (χ1n) is 14.3. The van der Waals surface area contributed by atoms with E-state index in [4.69, 9.17) is 16.7 Å². The smallest absolute Gasteiger partial charge is 0.254 e. The standard InChI is InChI=1S/C32H30ClN7O4S/c1-19-4-3-5-29(27-14-21(12-13-35-27)31-28(38-32(19)42)17-37-39(31)2)40-18-36-26(16-30(40)41)25-15-22(33)8-11-24(25)20-6-9-23(10-7-20)45(34,43)44/h6-19,29H,3-5H2,1-2H3,(H,38,42)(H2,34,43,44)/t19-,29?/m1/s1. The van der Waals surface area contributed by atoms with E-state index in [0.717, 1.165) is 11.3 Å². The van der Waals surface area contributed by atoms with Crippen LogP contribution in [-0.2, 0) is 21.9 Å². The molecular weight excluding hydrogens is 614 g/mol. The van der Waals surface area contributed by atoms with Crippen molar-refractivity contribution in [3.05, 3.63) is 100 Å². The van der Waals surface area contributed by atoms with Gasteiger partial charge < -0.3 is 5.32 Å². The van der Waals surface area contributed by atoms with Gasteiger partial charge in [-0.1, -0.05) is 43.1 Å². The molecule has 0 fully saturated rings. The molecule has 0 saturated carbocycles. The first-order chi connectivity index (χ1) is 21.5. The molecular formula is C32H30ClN7O4S. The lowest BCUT2D eigenvalue weighted by Gasteiger charge is -2.22. The van der Waals surface area contributed by atoms with Crippen molar-refractivity contribution in [1.82, 2.24) is 24.3 Å². The summed E-state index contributed by atoms with van der Waals surface area (Å²) >= 11 is 6.37. The molecule has 2 bridgehead atoms. The van der Waals surface area contributed by atoms with E-state index in [-0.39, 0.29) is 22.3 Å². The molecule has 1 unspecified atom stereocenters. The minimum absolute atomic E-state index is 0.00756. The number of aromatic nitrogens is 5. The maximum absolute atomic E-state index is 13.8. The zero-order valence-electron chi connectivity index (χ0n) is 24.5. The minimum atomic E-state index is -3.85. The Morgan fingerprint density at radius 2 is 1.73 bits per heavy atom. The molecule has 2 atom stereocenters. The monoisotopic (exact) mass is 643 g/mol. The van der Waals surface area contributed by atoms with Crippen LogP contribution in [0.4, 0.5) is 5.69 Å². The van der Waals surface area contributed by atoms with E-state index in [2.05, 4.69) is 20.4 Å². The van der Waals surface area contributed by atoms with Crippen molar-refractivity contribution in [2.45, 2.75) is 37.1 Å². The number of amides is 1. The number of aryl methyl sites for hydroxylation is 1. The summed E-state index contributed by atoms with van der Waals surface area (Å²) in [6.07, 6.45) is 6.70. The van der Waals surface area contributed by atoms with Gasteiger partial charge in [-0.25, -0.2) is 18.5 Å². The average Bonchev–Trinajstić information content (AvgIpc) is 3.38. The van der Waals surface area contributed by atoms with Gasteiger partial charge in [0.2, 0.25) is 15.9 Å². The Morgan fingerprint density at radius 1 is 0.956 bits per heavy atom. The largest absolute Gasteiger partial charge is 0.323 e. The SMILES string of the molecule is C[C@@H]1CCCC(n2cnc(-c3cc(Cl)ccc3-c3ccc(S(N)(=O)=O)cc3)cc2=O)c2cc(ccn2)-c2c(cnn2C)NC1=O. The highest BCUT2D eigenvalue weighted by Gasteiger charge is 2.24. The Hall–Kier alpha value is -4.65. The topological polar surface area (TPSA) is 155 Å². The molecule has 1 aliphatic heterocycles. The molecule has 2 aromatic carbocycles. The summed E-state index contributed by atoms with van der Waals surface area (Å²) < 4.78 is 26.8.